The van der Waals surface area contributed by atoms with E-state index in [1.807, 2.05) is 13.8 Å². The van der Waals surface area contributed by atoms with Crippen LogP contribution in [0.1, 0.15) is 37.8 Å². The van der Waals surface area contributed by atoms with E-state index in [1.54, 1.807) is 0 Å². The minimum atomic E-state index is -3.81. The fraction of sp³-hybridized carbons (Fsp3) is 0.571. The molecule has 0 saturated heterocycles. The van der Waals surface area contributed by atoms with Crippen molar-refractivity contribution >= 4 is 10.0 Å². The van der Waals surface area contributed by atoms with Crippen LogP contribution in [-0.4, -0.2) is 19.1 Å². The van der Waals surface area contributed by atoms with Gasteiger partial charge in [0.15, 0.2) is 0 Å². The number of hydrogen-bond donors (Lipinski definition) is 2. The summed E-state index contributed by atoms with van der Waals surface area (Å²) in [6.07, 6.45) is 2.00. The van der Waals surface area contributed by atoms with Crippen molar-refractivity contribution in [3.8, 4) is 0 Å². The van der Waals surface area contributed by atoms with Crippen molar-refractivity contribution in [2.45, 2.75) is 50.7 Å². The van der Waals surface area contributed by atoms with Crippen LogP contribution < -0.4 is 4.72 Å². The largest absolute Gasteiger partial charge is 0.392 e. The van der Waals surface area contributed by atoms with E-state index in [4.69, 9.17) is 5.11 Å². The molecule has 1 aromatic carbocycles. The van der Waals surface area contributed by atoms with Crippen LogP contribution in [0.15, 0.2) is 17.0 Å². The third-order valence-electron chi connectivity index (χ3n) is 3.82. The van der Waals surface area contributed by atoms with Crippen LogP contribution in [0.2, 0.25) is 0 Å². The van der Waals surface area contributed by atoms with Crippen LogP contribution in [0.5, 0.6) is 0 Å². The lowest BCUT2D eigenvalue weighted by Gasteiger charge is -2.26. The third-order valence-corrected chi connectivity index (χ3v) is 5.62. The molecule has 0 amide bonds. The average Bonchev–Trinajstić information content (AvgIpc) is 3.15. The lowest BCUT2D eigenvalue weighted by atomic mass is 10.0. The van der Waals surface area contributed by atoms with E-state index < -0.39 is 28.0 Å². The minimum absolute atomic E-state index is 0.0706. The van der Waals surface area contributed by atoms with Crippen LogP contribution >= 0.6 is 0 Å². The number of aliphatic hydroxyl groups is 1. The highest BCUT2D eigenvalue weighted by molar-refractivity contribution is 7.89. The maximum Gasteiger partial charge on any atom is 0.241 e. The molecule has 1 saturated carbocycles. The first-order chi connectivity index (χ1) is 9.17. The fourth-order valence-electron chi connectivity index (χ4n) is 2.37. The van der Waals surface area contributed by atoms with Crippen LogP contribution in [0, 0.1) is 18.7 Å². The summed E-state index contributed by atoms with van der Waals surface area (Å²) in [5, 5.41) is 9.09. The number of nitrogens with one attached hydrogen (secondary N) is 1. The molecule has 1 aliphatic carbocycles. The summed E-state index contributed by atoms with van der Waals surface area (Å²) in [6, 6.07) is 2.48. The number of aliphatic hydroxyl groups excluding tert-OH is 1. The monoisotopic (exact) mass is 301 g/mol. The Labute approximate surface area is 119 Å². The number of sulfonamides is 1. The second-order valence-electron chi connectivity index (χ2n) is 5.96. The Hall–Kier alpha value is -0.980. The van der Waals surface area contributed by atoms with Gasteiger partial charge in [0.1, 0.15) is 5.82 Å². The Balaban J connectivity index is 2.41. The van der Waals surface area contributed by atoms with Gasteiger partial charge in [0.2, 0.25) is 10.0 Å². The highest BCUT2D eigenvalue weighted by Gasteiger charge is 2.41. The Morgan fingerprint density at radius 1 is 1.40 bits per heavy atom. The molecule has 1 fully saturated rings. The van der Waals surface area contributed by atoms with Crippen LogP contribution in [0.25, 0.3) is 0 Å². The van der Waals surface area contributed by atoms with E-state index in [-0.39, 0.29) is 16.0 Å². The molecule has 0 heterocycles. The molecule has 4 nitrogen and oxygen atoms in total. The highest BCUT2D eigenvalue weighted by atomic mass is 32.2. The van der Waals surface area contributed by atoms with E-state index >= 15 is 0 Å². The number of rotatable bonds is 5. The predicted octanol–water partition coefficient (Wildman–Crippen LogP) is 2.09. The Morgan fingerprint density at radius 2 is 2.00 bits per heavy atom. The van der Waals surface area contributed by atoms with Gasteiger partial charge in [-0.15, -0.1) is 0 Å². The second-order valence-corrected chi connectivity index (χ2v) is 7.61. The first kappa shape index (κ1) is 15.4. The smallest absolute Gasteiger partial charge is 0.241 e. The quantitative estimate of drug-likeness (QED) is 0.875. The molecule has 0 bridgehead atoms. The molecular formula is C14H20FNO3S. The van der Waals surface area contributed by atoms with Crippen LogP contribution in [0.4, 0.5) is 4.39 Å². The van der Waals surface area contributed by atoms with Crippen LogP contribution in [0.3, 0.4) is 0 Å². The third kappa shape index (κ3) is 3.02. The number of benzene rings is 1. The summed E-state index contributed by atoms with van der Waals surface area (Å²) < 4.78 is 41.3. The average molecular weight is 301 g/mol. The second kappa shape index (κ2) is 5.09. The van der Waals surface area contributed by atoms with E-state index in [0.29, 0.717) is 5.92 Å². The molecule has 112 valence electrons. The molecule has 6 heteroatoms. The Morgan fingerprint density at radius 3 is 2.50 bits per heavy atom. The van der Waals surface area contributed by atoms with Gasteiger partial charge in [-0.05, 0) is 57.2 Å². The van der Waals surface area contributed by atoms with Crippen molar-refractivity contribution in [1.82, 2.24) is 4.72 Å². The summed E-state index contributed by atoms with van der Waals surface area (Å²) in [4.78, 5) is -0.102. The SMILES string of the molecule is Cc1c(F)cc(CO)cc1S(=O)(=O)NC(C)(C)C1CC1. The van der Waals surface area contributed by atoms with Crippen molar-refractivity contribution in [2.75, 3.05) is 0 Å². The standard InChI is InChI=1S/C14H20FNO3S/c1-9-12(15)6-10(8-17)7-13(9)20(18,19)16-14(2,3)11-4-5-11/h6-7,11,16-17H,4-5,8H2,1-3H3. The molecule has 2 N–H and O–H groups in total. The first-order valence-electron chi connectivity index (χ1n) is 6.61. The predicted molar refractivity (Wildman–Crippen MR) is 74.2 cm³/mol. The summed E-state index contributed by atoms with van der Waals surface area (Å²) in [5.74, 6) is -0.301. The summed E-state index contributed by atoms with van der Waals surface area (Å²) in [5.41, 5.74) is -0.226. The van der Waals surface area contributed by atoms with E-state index in [1.165, 1.54) is 13.0 Å². The van der Waals surface area contributed by atoms with Gasteiger partial charge in [-0.2, -0.15) is 0 Å². The molecule has 0 spiro atoms. The van der Waals surface area contributed by atoms with Crippen molar-refractivity contribution < 1.29 is 17.9 Å². The zero-order valence-corrected chi connectivity index (χ0v) is 12.7. The molecule has 0 atom stereocenters. The van der Waals surface area contributed by atoms with Gasteiger partial charge in [0.05, 0.1) is 11.5 Å². The molecule has 1 aliphatic rings. The topological polar surface area (TPSA) is 66.4 Å². The lowest BCUT2D eigenvalue weighted by molar-refractivity contribution is 0.281. The van der Waals surface area contributed by atoms with Gasteiger partial charge >= 0.3 is 0 Å². The summed E-state index contributed by atoms with van der Waals surface area (Å²) >= 11 is 0. The van der Waals surface area contributed by atoms with Gasteiger partial charge < -0.3 is 5.11 Å². The number of hydrogen-bond acceptors (Lipinski definition) is 3. The Bertz CT molecular complexity index is 622. The molecular weight excluding hydrogens is 281 g/mol. The first-order valence-corrected chi connectivity index (χ1v) is 8.09. The molecule has 2 rings (SSSR count). The van der Waals surface area contributed by atoms with E-state index in [0.717, 1.165) is 18.9 Å². The van der Waals surface area contributed by atoms with E-state index in [2.05, 4.69) is 4.72 Å². The van der Waals surface area contributed by atoms with Gasteiger partial charge in [0.25, 0.3) is 0 Å². The minimum Gasteiger partial charge on any atom is -0.392 e. The lowest BCUT2D eigenvalue weighted by Crippen LogP contribution is -2.45. The van der Waals surface area contributed by atoms with Gasteiger partial charge in [-0.1, -0.05) is 0 Å². The van der Waals surface area contributed by atoms with Crippen molar-refractivity contribution in [2.24, 2.45) is 5.92 Å². The van der Waals surface area contributed by atoms with Crippen molar-refractivity contribution in [1.29, 1.82) is 0 Å². The van der Waals surface area contributed by atoms with E-state index in [9.17, 15) is 12.8 Å². The zero-order chi connectivity index (χ0) is 15.1. The number of halogens is 1. The van der Waals surface area contributed by atoms with Crippen LogP contribution in [-0.2, 0) is 16.6 Å². The van der Waals surface area contributed by atoms with Gasteiger partial charge in [-0.25, -0.2) is 17.5 Å². The van der Waals surface area contributed by atoms with Gasteiger partial charge in [0, 0.05) is 11.1 Å². The fourth-order valence-corrected chi connectivity index (χ4v) is 4.14. The summed E-state index contributed by atoms with van der Waals surface area (Å²) in [7, 11) is -3.81. The molecule has 1 aromatic rings. The molecule has 0 unspecified atom stereocenters. The highest BCUT2D eigenvalue weighted by Crippen LogP contribution is 2.40. The normalized spacial score (nSPS) is 16.4. The van der Waals surface area contributed by atoms with Crippen molar-refractivity contribution in [3.05, 3.63) is 29.1 Å². The summed E-state index contributed by atoms with van der Waals surface area (Å²) in [6.45, 7) is 4.70. The van der Waals surface area contributed by atoms with Gasteiger partial charge in [-0.3, -0.25) is 0 Å². The zero-order valence-electron chi connectivity index (χ0n) is 11.9. The molecule has 20 heavy (non-hydrogen) atoms. The maximum atomic E-state index is 13.8. The van der Waals surface area contributed by atoms with Crippen molar-refractivity contribution in [3.63, 3.8) is 0 Å². The molecule has 0 aromatic heterocycles. The molecule has 0 aliphatic heterocycles. The maximum absolute atomic E-state index is 13.8. The Kier molecular flexibility index (Phi) is 3.92. The molecule has 0 radical (unpaired) electrons.